The van der Waals surface area contributed by atoms with Gasteiger partial charge >= 0.3 is 0 Å². The summed E-state index contributed by atoms with van der Waals surface area (Å²) in [4.78, 5) is 1.38. The monoisotopic (exact) mass is 220 g/mol. The molecule has 0 saturated carbocycles. The molecule has 1 heterocycles. The molecule has 0 amide bonds. The van der Waals surface area contributed by atoms with Crippen molar-refractivity contribution in [2.75, 3.05) is 5.75 Å². The van der Waals surface area contributed by atoms with Crippen molar-refractivity contribution < 1.29 is 0 Å². The van der Waals surface area contributed by atoms with Crippen molar-refractivity contribution >= 4 is 22.7 Å². The van der Waals surface area contributed by atoms with E-state index < -0.39 is 0 Å². The number of benzene rings is 1. The molecule has 2 aromatic rings. The van der Waals surface area contributed by atoms with E-state index in [-0.39, 0.29) is 0 Å². The lowest BCUT2D eigenvalue weighted by Crippen LogP contribution is -1.83. The van der Waals surface area contributed by atoms with Crippen LogP contribution in [0.2, 0.25) is 0 Å². The van der Waals surface area contributed by atoms with Gasteiger partial charge in [-0.2, -0.15) is 5.10 Å². The van der Waals surface area contributed by atoms with Crippen molar-refractivity contribution in [3.05, 3.63) is 23.9 Å². The van der Waals surface area contributed by atoms with Crippen molar-refractivity contribution in [2.24, 2.45) is 0 Å². The fourth-order valence-corrected chi connectivity index (χ4v) is 2.71. The van der Waals surface area contributed by atoms with Gasteiger partial charge in [0.25, 0.3) is 0 Å². The van der Waals surface area contributed by atoms with Crippen LogP contribution in [0, 0.1) is 6.92 Å². The quantitative estimate of drug-likeness (QED) is 0.627. The summed E-state index contributed by atoms with van der Waals surface area (Å²) in [5.41, 5.74) is 2.49. The first kappa shape index (κ1) is 10.6. The van der Waals surface area contributed by atoms with Gasteiger partial charge < -0.3 is 0 Å². The summed E-state index contributed by atoms with van der Waals surface area (Å²) in [6.07, 6.45) is 4.42. The van der Waals surface area contributed by atoms with E-state index in [1.165, 1.54) is 34.4 Å². The molecule has 0 fully saturated rings. The molecular formula is C12H16N2S. The van der Waals surface area contributed by atoms with Gasteiger partial charge in [0.1, 0.15) is 0 Å². The molecule has 15 heavy (non-hydrogen) atoms. The topological polar surface area (TPSA) is 28.7 Å². The molecule has 1 aromatic heterocycles. The Morgan fingerprint density at radius 3 is 3.07 bits per heavy atom. The van der Waals surface area contributed by atoms with Crippen LogP contribution in [-0.2, 0) is 0 Å². The van der Waals surface area contributed by atoms with E-state index in [0.29, 0.717) is 0 Å². The van der Waals surface area contributed by atoms with E-state index in [9.17, 15) is 0 Å². The predicted molar refractivity (Wildman–Crippen MR) is 66.5 cm³/mol. The average Bonchev–Trinajstić information content (AvgIpc) is 2.65. The maximum absolute atomic E-state index is 4.05. The van der Waals surface area contributed by atoms with Crippen LogP contribution < -0.4 is 0 Å². The lowest BCUT2D eigenvalue weighted by atomic mass is 10.2. The Kier molecular flexibility index (Phi) is 3.31. The number of hydrogen-bond acceptors (Lipinski definition) is 2. The fourth-order valence-electron chi connectivity index (χ4n) is 1.57. The average molecular weight is 220 g/mol. The standard InChI is InChI=1S/C12H16N2S/c1-3-4-5-15-12-7-11-10(6-9(12)2)8-13-14-11/h6-8H,3-5H2,1-2H3,(H,13,14). The molecule has 0 aliphatic rings. The van der Waals surface area contributed by atoms with Crippen LogP contribution in [-0.4, -0.2) is 16.0 Å². The van der Waals surface area contributed by atoms with E-state index >= 15 is 0 Å². The first-order chi connectivity index (χ1) is 7.31. The number of rotatable bonds is 4. The minimum absolute atomic E-state index is 1.14. The van der Waals surface area contributed by atoms with Crippen molar-refractivity contribution in [2.45, 2.75) is 31.6 Å². The third-order valence-electron chi connectivity index (χ3n) is 2.49. The molecule has 0 aliphatic heterocycles. The van der Waals surface area contributed by atoms with Crippen molar-refractivity contribution in [3.63, 3.8) is 0 Å². The molecule has 2 nitrogen and oxygen atoms in total. The smallest absolute Gasteiger partial charge is 0.0661 e. The molecule has 80 valence electrons. The Labute approximate surface area is 94.5 Å². The molecule has 3 heteroatoms. The molecule has 0 unspecified atom stereocenters. The third-order valence-corrected chi connectivity index (χ3v) is 3.73. The highest BCUT2D eigenvalue weighted by Gasteiger charge is 2.03. The number of unbranched alkanes of at least 4 members (excludes halogenated alkanes) is 1. The summed E-state index contributed by atoms with van der Waals surface area (Å²) < 4.78 is 0. The Bertz CT molecular complexity index is 448. The molecule has 0 radical (unpaired) electrons. The van der Waals surface area contributed by atoms with E-state index in [1.807, 2.05) is 18.0 Å². The van der Waals surface area contributed by atoms with Gasteiger partial charge in [-0.05, 0) is 36.8 Å². The van der Waals surface area contributed by atoms with Crippen LogP contribution in [0.1, 0.15) is 25.3 Å². The molecule has 0 spiro atoms. The zero-order chi connectivity index (χ0) is 10.7. The van der Waals surface area contributed by atoms with Gasteiger partial charge in [-0.25, -0.2) is 0 Å². The minimum atomic E-state index is 1.14. The normalized spacial score (nSPS) is 11.1. The summed E-state index contributed by atoms with van der Waals surface area (Å²) in [5.74, 6) is 1.21. The zero-order valence-corrected chi connectivity index (χ0v) is 10.0. The number of nitrogens with zero attached hydrogens (tertiary/aromatic N) is 1. The van der Waals surface area contributed by atoms with Crippen LogP contribution in [0.25, 0.3) is 10.9 Å². The zero-order valence-electron chi connectivity index (χ0n) is 9.21. The fraction of sp³-hybridized carbons (Fsp3) is 0.417. The van der Waals surface area contributed by atoms with Gasteiger partial charge in [-0.1, -0.05) is 13.3 Å². The van der Waals surface area contributed by atoms with Crippen LogP contribution in [0.15, 0.2) is 23.2 Å². The lowest BCUT2D eigenvalue weighted by Gasteiger charge is -2.04. The molecule has 0 saturated heterocycles. The van der Waals surface area contributed by atoms with Gasteiger partial charge in [0, 0.05) is 10.3 Å². The van der Waals surface area contributed by atoms with Crippen LogP contribution in [0.3, 0.4) is 0 Å². The number of fused-ring (bicyclic) bond motifs is 1. The highest BCUT2D eigenvalue weighted by atomic mass is 32.2. The summed E-state index contributed by atoms with van der Waals surface area (Å²) in [7, 11) is 0. The van der Waals surface area contributed by atoms with Crippen molar-refractivity contribution in [1.29, 1.82) is 0 Å². The number of aryl methyl sites for hydroxylation is 1. The van der Waals surface area contributed by atoms with E-state index in [2.05, 4.69) is 36.2 Å². The summed E-state index contributed by atoms with van der Waals surface area (Å²) in [6, 6.07) is 4.41. The molecule has 1 aromatic carbocycles. The van der Waals surface area contributed by atoms with Crippen LogP contribution in [0.5, 0.6) is 0 Å². The maximum Gasteiger partial charge on any atom is 0.0661 e. The summed E-state index contributed by atoms with van der Waals surface area (Å²) >= 11 is 1.94. The predicted octanol–water partition coefficient (Wildman–Crippen LogP) is 3.76. The van der Waals surface area contributed by atoms with Crippen LogP contribution in [0.4, 0.5) is 0 Å². The first-order valence-electron chi connectivity index (χ1n) is 5.38. The Hall–Kier alpha value is -0.960. The lowest BCUT2D eigenvalue weighted by molar-refractivity contribution is 0.896. The first-order valence-corrected chi connectivity index (χ1v) is 6.36. The highest BCUT2D eigenvalue weighted by Crippen LogP contribution is 2.27. The molecule has 0 bridgehead atoms. The van der Waals surface area contributed by atoms with Gasteiger partial charge in [-0.15, -0.1) is 11.8 Å². The SMILES string of the molecule is CCCCSc1cc2[nH]ncc2cc1C. The number of nitrogens with one attached hydrogen (secondary N) is 1. The largest absolute Gasteiger partial charge is 0.278 e. The van der Waals surface area contributed by atoms with Gasteiger partial charge in [0.15, 0.2) is 0 Å². The maximum atomic E-state index is 4.05. The van der Waals surface area contributed by atoms with Gasteiger partial charge in [-0.3, -0.25) is 5.10 Å². The molecule has 1 N–H and O–H groups in total. The number of aromatic nitrogens is 2. The number of thioether (sulfide) groups is 1. The Balaban J connectivity index is 2.22. The third kappa shape index (κ3) is 2.34. The Morgan fingerprint density at radius 2 is 2.27 bits per heavy atom. The Morgan fingerprint density at radius 1 is 1.40 bits per heavy atom. The van der Waals surface area contributed by atoms with E-state index in [1.54, 1.807) is 0 Å². The molecule has 0 aliphatic carbocycles. The van der Waals surface area contributed by atoms with Gasteiger partial charge in [0.05, 0.1) is 11.7 Å². The van der Waals surface area contributed by atoms with Crippen molar-refractivity contribution in [3.8, 4) is 0 Å². The second-order valence-electron chi connectivity index (χ2n) is 3.78. The second kappa shape index (κ2) is 4.71. The van der Waals surface area contributed by atoms with E-state index in [0.717, 1.165) is 5.52 Å². The van der Waals surface area contributed by atoms with Crippen molar-refractivity contribution in [1.82, 2.24) is 10.2 Å². The number of H-pyrrole nitrogens is 1. The van der Waals surface area contributed by atoms with E-state index in [4.69, 9.17) is 0 Å². The number of hydrogen-bond donors (Lipinski definition) is 1. The molecule has 2 rings (SSSR count). The minimum Gasteiger partial charge on any atom is -0.278 e. The highest BCUT2D eigenvalue weighted by molar-refractivity contribution is 7.99. The van der Waals surface area contributed by atoms with Gasteiger partial charge in [0.2, 0.25) is 0 Å². The number of aromatic amines is 1. The summed E-state index contributed by atoms with van der Waals surface area (Å²) in [5, 5.41) is 8.26. The summed E-state index contributed by atoms with van der Waals surface area (Å²) in [6.45, 7) is 4.40. The molecular weight excluding hydrogens is 204 g/mol. The van der Waals surface area contributed by atoms with Crippen LogP contribution >= 0.6 is 11.8 Å². The molecule has 0 atom stereocenters. The second-order valence-corrected chi connectivity index (χ2v) is 4.91.